The highest BCUT2D eigenvalue weighted by Crippen LogP contribution is 2.18. The predicted octanol–water partition coefficient (Wildman–Crippen LogP) is 10.3. The highest BCUT2D eigenvalue weighted by atomic mass is 15.1. The topological polar surface area (TPSA) is 7.12 Å². The van der Waals surface area contributed by atoms with Crippen molar-refractivity contribution in [2.45, 2.75) is 161 Å². The Balaban J connectivity index is 1.32. The van der Waals surface area contributed by atoms with Crippen LogP contribution in [0.3, 0.4) is 0 Å². The monoisotopic (exact) mass is 521 g/mol. The Labute approximate surface area is 237 Å². The van der Waals surface area contributed by atoms with Crippen molar-refractivity contribution < 1.29 is 4.57 Å². The number of allylic oxidation sites excluding steroid dienone is 2. The Morgan fingerprint density at radius 3 is 1.71 bits per heavy atom. The van der Waals surface area contributed by atoms with Crippen molar-refractivity contribution in [2.24, 2.45) is 0 Å². The lowest BCUT2D eigenvalue weighted by Gasteiger charge is -2.25. The second kappa shape index (κ2) is 21.3. The molecule has 2 aliphatic rings. The first kappa shape index (κ1) is 31.0. The highest BCUT2D eigenvalue weighted by molar-refractivity contribution is 5.18. The Morgan fingerprint density at radius 1 is 0.553 bits per heavy atom. The van der Waals surface area contributed by atoms with Crippen molar-refractivity contribution in [3.05, 3.63) is 54.0 Å². The van der Waals surface area contributed by atoms with Crippen molar-refractivity contribution >= 4 is 0 Å². The molecule has 2 nitrogen and oxygen atoms in total. The molecule has 0 saturated carbocycles. The number of rotatable bonds is 0. The molecule has 2 aliphatic heterocycles. The van der Waals surface area contributed by atoms with Crippen LogP contribution in [0.15, 0.2) is 48.5 Å². The van der Waals surface area contributed by atoms with Gasteiger partial charge in [-0.05, 0) is 56.9 Å². The van der Waals surface area contributed by atoms with E-state index in [1.165, 1.54) is 179 Å². The lowest BCUT2D eigenvalue weighted by Crippen LogP contribution is -2.33. The van der Waals surface area contributed by atoms with E-state index in [1.807, 2.05) is 0 Å². The summed E-state index contributed by atoms with van der Waals surface area (Å²) >= 11 is 0. The first-order valence-electron chi connectivity index (χ1n) is 17.0. The molecule has 0 amide bonds. The quantitative estimate of drug-likeness (QED) is 0.308. The van der Waals surface area contributed by atoms with Gasteiger partial charge >= 0.3 is 0 Å². The number of aromatic nitrogens is 1. The minimum Gasteiger partial charge on any atom is -0.373 e. The standard InChI is InChI=1S/C36H61N2/c1-2-5-9-13-17-21-29-37-31-24-28-36(34-37)26-20-16-12-8-4-6-10-14-18-22-30-38-32-23-27-35(33-38)25-19-15-11-7-3-1/h23-24,27-28,31-32,34H,1-22,25-26,29-30,33H2/q+1. The summed E-state index contributed by atoms with van der Waals surface area (Å²) in [5.41, 5.74) is 3.19. The third-order valence-corrected chi connectivity index (χ3v) is 8.78. The van der Waals surface area contributed by atoms with Crippen molar-refractivity contribution in [1.29, 1.82) is 0 Å². The smallest absolute Gasteiger partial charge is 0.171 e. The van der Waals surface area contributed by atoms with Gasteiger partial charge in [-0.15, -0.1) is 0 Å². The van der Waals surface area contributed by atoms with Crippen molar-refractivity contribution in [3.63, 3.8) is 0 Å². The molecule has 0 atom stereocenters. The van der Waals surface area contributed by atoms with Gasteiger partial charge in [0.1, 0.15) is 6.54 Å². The number of aryl methyl sites for hydroxylation is 2. The van der Waals surface area contributed by atoms with Crippen LogP contribution in [0.5, 0.6) is 0 Å². The van der Waals surface area contributed by atoms with Gasteiger partial charge in [-0.3, -0.25) is 0 Å². The van der Waals surface area contributed by atoms with Crippen LogP contribution in [-0.4, -0.2) is 18.0 Å². The molecule has 1 aromatic heterocycles. The summed E-state index contributed by atoms with van der Waals surface area (Å²) in [6.07, 6.45) is 45.4. The van der Waals surface area contributed by atoms with Gasteiger partial charge < -0.3 is 4.90 Å². The maximum atomic E-state index is 2.56. The number of hydrogen-bond acceptors (Lipinski definition) is 1. The van der Waals surface area contributed by atoms with Crippen LogP contribution in [0, 0.1) is 0 Å². The van der Waals surface area contributed by atoms with Gasteiger partial charge in [-0.1, -0.05) is 121 Å². The highest BCUT2D eigenvalue weighted by Gasteiger charge is 2.08. The minimum absolute atomic E-state index is 1.18. The largest absolute Gasteiger partial charge is 0.373 e. The van der Waals surface area contributed by atoms with Gasteiger partial charge in [0.05, 0.1) is 0 Å². The average molecular weight is 522 g/mol. The fraction of sp³-hybridized carbons (Fsp3) is 0.750. The van der Waals surface area contributed by atoms with E-state index in [-0.39, 0.29) is 0 Å². The summed E-state index contributed by atoms with van der Waals surface area (Å²) in [4.78, 5) is 2.56. The minimum atomic E-state index is 1.18. The first-order valence-corrected chi connectivity index (χ1v) is 17.0. The SMILES string of the molecule is C1=CN2CCCCCCCCCCCCc3ccc[n+](c3)CCCCCCCCCCCCCCC(=C1)C2. The average Bonchev–Trinajstić information content (AvgIpc) is 2.94. The zero-order chi connectivity index (χ0) is 26.4. The maximum absolute atomic E-state index is 2.56. The molecule has 4 bridgehead atoms. The van der Waals surface area contributed by atoms with Gasteiger partial charge in [0.15, 0.2) is 12.4 Å². The molecule has 0 radical (unpaired) electrons. The fourth-order valence-electron chi connectivity index (χ4n) is 6.32. The Morgan fingerprint density at radius 2 is 1.08 bits per heavy atom. The van der Waals surface area contributed by atoms with E-state index >= 15 is 0 Å². The van der Waals surface area contributed by atoms with Gasteiger partial charge in [-0.25, -0.2) is 4.57 Å². The zero-order valence-electron chi connectivity index (χ0n) is 25.0. The first-order chi connectivity index (χ1) is 18.9. The summed E-state index contributed by atoms with van der Waals surface area (Å²) in [7, 11) is 0. The Bertz CT molecular complexity index is 764. The predicted molar refractivity (Wildman–Crippen MR) is 165 cm³/mol. The second-order valence-electron chi connectivity index (χ2n) is 12.4. The lowest BCUT2D eigenvalue weighted by molar-refractivity contribution is -0.697. The van der Waals surface area contributed by atoms with E-state index in [0.717, 1.165) is 0 Å². The number of hydrogen-bond donors (Lipinski definition) is 0. The molecule has 3 rings (SSSR count). The number of nitrogens with zero attached hydrogens (tertiary/aromatic N) is 2. The molecule has 0 fully saturated rings. The van der Waals surface area contributed by atoms with Crippen molar-refractivity contribution in [2.75, 3.05) is 13.1 Å². The molecule has 0 saturated heterocycles. The molecular weight excluding hydrogens is 460 g/mol. The molecular formula is C36H61N2+. The van der Waals surface area contributed by atoms with Crippen LogP contribution in [0.1, 0.15) is 153 Å². The number of pyridine rings is 1. The number of fused-ring (bicyclic) bond motifs is 4. The van der Waals surface area contributed by atoms with Crippen LogP contribution in [0.25, 0.3) is 0 Å². The summed E-state index contributed by atoms with van der Waals surface area (Å²) in [5, 5.41) is 0. The molecule has 0 aromatic carbocycles. The van der Waals surface area contributed by atoms with Crippen LogP contribution < -0.4 is 4.57 Å². The normalized spacial score (nSPS) is 22.0. The molecule has 214 valence electrons. The van der Waals surface area contributed by atoms with Gasteiger partial charge in [0.25, 0.3) is 0 Å². The molecule has 3 heterocycles. The molecule has 2 heteroatoms. The van der Waals surface area contributed by atoms with Gasteiger partial charge in [0, 0.05) is 31.1 Å². The Hall–Kier alpha value is -1.57. The van der Waals surface area contributed by atoms with E-state index in [2.05, 4.69) is 52.3 Å². The van der Waals surface area contributed by atoms with Crippen molar-refractivity contribution in [1.82, 2.24) is 4.90 Å². The lowest BCUT2D eigenvalue weighted by atomic mass is 10.0. The third kappa shape index (κ3) is 15.1. The summed E-state index contributed by atoms with van der Waals surface area (Å²) in [6, 6.07) is 4.60. The molecule has 0 N–H and O–H groups in total. The van der Waals surface area contributed by atoms with Crippen molar-refractivity contribution in [3.8, 4) is 0 Å². The second-order valence-corrected chi connectivity index (χ2v) is 12.4. The maximum Gasteiger partial charge on any atom is 0.171 e. The van der Waals surface area contributed by atoms with E-state index < -0.39 is 0 Å². The van der Waals surface area contributed by atoms with E-state index in [1.54, 1.807) is 5.57 Å². The van der Waals surface area contributed by atoms with Gasteiger partial charge in [0.2, 0.25) is 0 Å². The van der Waals surface area contributed by atoms with Crippen LogP contribution >= 0.6 is 0 Å². The van der Waals surface area contributed by atoms with E-state index in [0.29, 0.717) is 0 Å². The van der Waals surface area contributed by atoms with Crippen LogP contribution in [-0.2, 0) is 13.0 Å². The fourth-order valence-corrected chi connectivity index (χ4v) is 6.32. The molecule has 0 aliphatic carbocycles. The third-order valence-electron chi connectivity index (χ3n) is 8.78. The zero-order valence-corrected chi connectivity index (χ0v) is 25.0. The van der Waals surface area contributed by atoms with Gasteiger partial charge in [-0.2, -0.15) is 0 Å². The molecule has 0 spiro atoms. The van der Waals surface area contributed by atoms with E-state index in [9.17, 15) is 0 Å². The molecule has 0 unspecified atom stereocenters. The molecule has 1 aromatic rings. The van der Waals surface area contributed by atoms with Crippen LogP contribution in [0.4, 0.5) is 0 Å². The summed E-state index contributed by atoms with van der Waals surface area (Å²) in [5.74, 6) is 0. The summed E-state index contributed by atoms with van der Waals surface area (Å²) < 4.78 is 2.44. The Kier molecular flexibility index (Phi) is 17.3. The van der Waals surface area contributed by atoms with E-state index in [4.69, 9.17) is 0 Å². The summed E-state index contributed by atoms with van der Waals surface area (Å²) in [6.45, 7) is 3.62. The van der Waals surface area contributed by atoms with Crippen LogP contribution in [0.2, 0.25) is 0 Å². The molecule has 38 heavy (non-hydrogen) atoms.